The molecule has 2 aromatic rings. The number of amides is 2. The highest BCUT2D eigenvalue weighted by atomic mass is 16.2. The van der Waals surface area contributed by atoms with E-state index in [9.17, 15) is 4.79 Å². The molecule has 1 aromatic heterocycles. The van der Waals surface area contributed by atoms with E-state index >= 15 is 0 Å². The van der Waals surface area contributed by atoms with Crippen molar-refractivity contribution >= 4 is 11.7 Å². The Morgan fingerprint density at radius 2 is 2.18 bits per heavy atom. The Kier molecular flexibility index (Phi) is 4.68. The summed E-state index contributed by atoms with van der Waals surface area (Å²) in [5.41, 5.74) is 3.62. The summed E-state index contributed by atoms with van der Waals surface area (Å²) in [6.45, 7) is 1.36. The minimum Gasteiger partial charge on any atom is -0.338 e. The molecule has 0 bridgehead atoms. The fourth-order valence-corrected chi connectivity index (χ4v) is 2.86. The second-order valence-corrected chi connectivity index (χ2v) is 5.54. The van der Waals surface area contributed by atoms with E-state index in [0.717, 1.165) is 31.5 Å². The normalized spacial score (nSPS) is 13.5. The average Bonchev–Trinajstić information content (AvgIpc) is 3.05. The minimum absolute atomic E-state index is 0.141. The summed E-state index contributed by atoms with van der Waals surface area (Å²) in [5.74, 6) is 0. The lowest BCUT2D eigenvalue weighted by molar-refractivity contribution is 0.251. The third-order valence-corrected chi connectivity index (χ3v) is 3.96. The van der Waals surface area contributed by atoms with Crippen LogP contribution in [0.1, 0.15) is 30.4 Å². The fraction of sp³-hybridized carbons (Fsp3) is 0.438. The standard InChI is InChI=1S/C16H21N5O/c22-16(18-9-4-10-21-12-17-11-19-21)20-15-8-3-6-13-5-1-2-7-14(13)15/h3,6,8,11-12H,1-2,4-5,7,9-10H2,(H2,18,20,22). The van der Waals surface area contributed by atoms with E-state index in [4.69, 9.17) is 0 Å². The minimum atomic E-state index is -0.141. The maximum atomic E-state index is 12.0. The van der Waals surface area contributed by atoms with Gasteiger partial charge >= 0.3 is 6.03 Å². The second kappa shape index (κ2) is 7.06. The highest BCUT2D eigenvalue weighted by Crippen LogP contribution is 2.27. The Morgan fingerprint density at radius 3 is 3.05 bits per heavy atom. The molecule has 1 heterocycles. The molecule has 116 valence electrons. The smallest absolute Gasteiger partial charge is 0.319 e. The number of anilines is 1. The largest absolute Gasteiger partial charge is 0.338 e. The van der Waals surface area contributed by atoms with Gasteiger partial charge in [0.15, 0.2) is 0 Å². The molecule has 0 fully saturated rings. The lowest BCUT2D eigenvalue weighted by Crippen LogP contribution is -2.30. The van der Waals surface area contributed by atoms with Crippen LogP contribution in [0, 0.1) is 0 Å². The Hall–Kier alpha value is -2.37. The van der Waals surface area contributed by atoms with E-state index in [1.165, 1.54) is 30.3 Å². The first kappa shape index (κ1) is 14.6. The monoisotopic (exact) mass is 299 g/mol. The zero-order valence-electron chi connectivity index (χ0n) is 12.6. The molecule has 0 atom stereocenters. The molecule has 22 heavy (non-hydrogen) atoms. The number of hydrogen-bond donors (Lipinski definition) is 2. The molecule has 2 amide bonds. The van der Waals surface area contributed by atoms with Crippen molar-refractivity contribution in [1.29, 1.82) is 0 Å². The van der Waals surface area contributed by atoms with Gasteiger partial charge in [-0.05, 0) is 49.3 Å². The van der Waals surface area contributed by atoms with E-state index < -0.39 is 0 Å². The predicted octanol–water partition coefficient (Wildman–Crippen LogP) is 2.37. The fourth-order valence-electron chi connectivity index (χ4n) is 2.86. The van der Waals surface area contributed by atoms with E-state index in [-0.39, 0.29) is 6.03 Å². The number of benzene rings is 1. The number of carbonyl (C=O) groups is 1. The number of carbonyl (C=O) groups excluding carboxylic acids is 1. The Bertz CT molecular complexity index is 623. The van der Waals surface area contributed by atoms with Crippen LogP contribution in [0.3, 0.4) is 0 Å². The number of rotatable bonds is 5. The summed E-state index contributed by atoms with van der Waals surface area (Å²) in [6, 6.07) is 6.02. The average molecular weight is 299 g/mol. The third kappa shape index (κ3) is 3.63. The van der Waals surface area contributed by atoms with Gasteiger partial charge in [-0.3, -0.25) is 4.68 Å². The number of nitrogens with one attached hydrogen (secondary N) is 2. The van der Waals surface area contributed by atoms with Gasteiger partial charge in [0.25, 0.3) is 0 Å². The van der Waals surface area contributed by atoms with Crippen molar-refractivity contribution in [2.24, 2.45) is 0 Å². The van der Waals surface area contributed by atoms with Gasteiger partial charge in [0.1, 0.15) is 12.7 Å². The number of fused-ring (bicyclic) bond motifs is 1. The molecule has 0 aliphatic heterocycles. The maximum Gasteiger partial charge on any atom is 0.319 e. The van der Waals surface area contributed by atoms with Crippen molar-refractivity contribution in [3.8, 4) is 0 Å². The van der Waals surface area contributed by atoms with Gasteiger partial charge in [0.2, 0.25) is 0 Å². The van der Waals surface area contributed by atoms with Crippen LogP contribution in [-0.2, 0) is 19.4 Å². The van der Waals surface area contributed by atoms with Crippen LogP contribution in [-0.4, -0.2) is 27.3 Å². The Labute approximate surface area is 129 Å². The quantitative estimate of drug-likeness (QED) is 0.833. The zero-order valence-corrected chi connectivity index (χ0v) is 12.6. The predicted molar refractivity (Wildman–Crippen MR) is 84.7 cm³/mol. The summed E-state index contributed by atoms with van der Waals surface area (Å²) < 4.78 is 1.76. The van der Waals surface area contributed by atoms with Gasteiger partial charge in [0.05, 0.1) is 0 Å². The molecule has 1 aliphatic rings. The molecule has 6 heteroatoms. The van der Waals surface area contributed by atoms with E-state index in [0.29, 0.717) is 6.54 Å². The van der Waals surface area contributed by atoms with Crippen molar-refractivity contribution in [3.05, 3.63) is 42.0 Å². The second-order valence-electron chi connectivity index (χ2n) is 5.54. The first-order valence-corrected chi connectivity index (χ1v) is 7.81. The van der Waals surface area contributed by atoms with Crippen LogP contribution < -0.4 is 10.6 Å². The molecule has 1 aromatic carbocycles. The van der Waals surface area contributed by atoms with Gasteiger partial charge in [-0.2, -0.15) is 5.10 Å². The van der Waals surface area contributed by atoms with Gasteiger partial charge in [-0.15, -0.1) is 0 Å². The molecule has 0 radical (unpaired) electrons. The van der Waals surface area contributed by atoms with Crippen LogP contribution >= 0.6 is 0 Å². The SMILES string of the molecule is O=C(NCCCn1cncn1)Nc1cccc2c1CCCC2. The Balaban J connectivity index is 1.47. The van der Waals surface area contributed by atoms with Crippen LogP contribution in [0.15, 0.2) is 30.9 Å². The maximum absolute atomic E-state index is 12.0. The summed E-state index contributed by atoms with van der Waals surface area (Å²) in [4.78, 5) is 15.9. The lowest BCUT2D eigenvalue weighted by atomic mass is 9.90. The highest BCUT2D eigenvalue weighted by Gasteiger charge is 2.14. The number of urea groups is 1. The molecule has 0 unspecified atom stereocenters. The van der Waals surface area contributed by atoms with Crippen molar-refractivity contribution < 1.29 is 4.79 Å². The zero-order chi connectivity index (χ0) is 15.2. The molecular formula is C16H21N5O. The Morgan fingerprint density at radius 1 is 1.27 bits per heavy atom. The summed E-state index contributed by atoms with van der Waals surface area (Å²) in [7, 11) is 0. The van der Waals surface area contributed by atoms with Crippen molar-refractivity contribution in [3.63, 3.8) is 0 Å². The molecule has 2 N–H and O–H groups in total. The van der Waals surface area contributed by atoms with Crippen LogP contribution in [0.5, 0.6) is 0 Å². The first-order chi connectivity index (χ1) is 10.8. The first-order valence-electron chi connectivity index (χ1n) is 7.81. The van der Waals surface area contributed by atoms with E-state index in [1.54, 1.807) is 11.0 Å². The highest BCUT2D eigenvalue weighted by molar-refractivity contribution is 5.90. The lowest BCUT2D eigenvalue weighted by Gasteiger charge is -2.19. The molecule has 0 saturated heterocycles. The van der Waals surface area contributed by atoms with E-state index in [1.807, 2.05) is 12.1 Å². The number of hydrogen-bond acceptors (Lipinski definition) is 3. The van der Waals surface area contributed by atoms with Gasteiger partial charge < -0.3 is 10.6 Å². The van der Waals surface area contributed by atoms with Gasteiger partial charge in [-0.25, -0.2) is 9.78 Å². The summed E-state index contributed by atoms with van der Waals surface area (Å²) in [5, 5.41) is 9.89. The topological polar surface area (TPSA) is 71.8 Å². The number of nitrogens with zero attached hydrogens (tertiary/aromatic N) is 3. The molecule has 6 nitrogen and oxygen atoms in total. The number of aryl methyl sites for hydroxylation is 2. The number of aromatic nitrogens is 3. The molecule has 1 aliphatic carbocycles. The van der Waals surface area contributed by atoms with Crippen LogP contribution in [0.25, 0.3) is 0 Å². The van der Waals surface area contributed by atoms with Crippen molar-refractivity contribution in [2.45, 2.75) is 38.6 Å². The van der Waals surface area contributed by atoms with Crippen molar-refractivity contribution in [2.75, 3.05) is 11.9 Å². The van der Waals surface area contributed by atoms with Gasteiger partial charge in [0, 0.05) is 18.8 Å². The molecule has 3 rings (SSSR count). The van der Waals surface area contributed by atoms with E-state index in [2.05, 4.69) is 26.8 Å². The molecular weight excluding hydrogens is 278 g/mol. The molecule has 0 saturated carbocycles. The van der Waals surface area contributed by atoms with Gasteiger partial charge in [-0.1, -0.05) is 12.1 Å². The van der Waals surface area contributed by atoms with Crippen LogP contribution in [0.4, 0.5) is 10.5 Å². The summed E-state index contributed by atoms with van der Waals surface area (Å²) >= 11 is 0. The van der Waals surface area contributed by atoms with Crippen molar-refractivity contribution in [1.82, 2.24) is 20.1 Å². The summed E-state index contributed by atoms with van der Waals surface area (Å²) in [6.07, 6.45) is 8.62. The molecule has 0 spiro atoms. The van der Waals surface area contributed by atoms with Crippen LogP contribution in [0.2, 0.25) is 0 Å². The third-order valence-electron chi connectivity index (χ3n) is 3.96.